The number of benzene rings is 2. The molecule has 3 aromatic rings. The summed E-state index contributed by atoms with van der Waals surface area (Å²) in [6, 6.07) is 12.1. The van der Waals surface area contributed by atoms with Gasteiger partial charge in [0.05, 0.1) is 29.2 Å². The first kappa shape index (κ1) is 29.6. The minimum Gasteiger partial charge on any atom is -0.543 e. The summed E-state index contributed by atoms with van der Waals surface area (Å²) in [5.74, 6) is -1.10. The van der Waals surface area contributed by atoms with E-state index in [1.165, 1.54) is 31.4 Å². The fourth-order valence-electron chi connectivity index (χ4n) is 4.39. The predicted octanol–water partition coefficient (Wildman–Crippen LogP) is -0.693. The molecule has 0 spiro atoms. The minimum atomic E-state index is -4.22. The number of hydrogen-bond donors (Lipinski definition) is 0. The Bertz CT molecular complexity index is 1420. The monoisotopic (exact) mass is 535 g/mol. The van der Waals surface area contributed by atoms with Crippen LogP contribution in [0.4, 0.5) is 4.79 Å². The number of aromatic carboxylic acids is 1. The number of carbonyl (C=O) groups excluding carboxylic acids is 2. The molecule has 12 heteroatoms. The summed E-state index contributed by atoms with van der Waals surface area (Å²) in [7, 11) is -2.71. The SMILES string of the molecule is COc1ccc2c(cc(C(=O)[O-])n2S(=O)(=O)c2ccccc2)c1CN1CCN(C(=O)OC(C)(C)C)CC1.[Li+]. The number of carboxylic acid groups (broad SMARTS) is 1. The number of fused-ring (bicyclic) bond motifs is 1. The predicted molar refractivity (Wildman–Crippen MR) is 135 cm³/mol. The maximum atomic E-state index is 13.5. The summed E-state index contributed by atoms with van der Waals surface area (Å²) in [5.41, 5.74) is -0.189. The van der Waals surface area contributed by atoms with E-state index in [-0.39, 0.29) is 35.4 Å². The van der Waals surface area contributed by atoms with Crippen molar-refractivity contribution in [3.05, 3.63) is 59.8 Å². The summed E-state index contributed by atoms with van der Waals surface area (Å²) < 4.78 is 38.8. The second-order valence-electron chi connectivity index (χ2n) is 9.82. The maximum Gasteiger partial charge on any atom is 1.00 e. The molecular formula is C26H30LiN3O7S. The summed E-state index contributed by atoms with van der Waals surface area (Å²) in [4.78, 5) is 28.2. The normalized spacial score (nSPS) is 14.7. The van der Waals surface area contributed by atoms with Crippen molar-refractivity contribution in [1.82, 2.24) is 13.8 Å². The van der Waals surface area contributed by atoms with Crippen molar-refractivity contribution in [3.63, 3.8) is 0 Å². The molecule has 10 nitrogen and oxygen atoms in total. The Morgan fingerprint density at radius 2 is 1.63 bits per heavy atom. The number of nitrogens with zero attached hydrogens (tertiary/aromatic N) is 3. The van der Waals surface area contributed by atoms with Gasteiger partial charge in [-0.3, -0.25) is 4.90 Å². The molecule has 1 amide bonds. The van der Waals surface area contributed by atoms with Crippen LogP contribution in [0.3, 0.4) is 0 Å². The van der Waals surface area contributed by atoms with Crippen LogP contribution in [-0.4, -0.2) is 73.1 Å². The van der Waals surface area contributed by atoms with Gasteiger partial charge >= 0.3 is 25.0 Å². The van der Waals surface area contributed by atoms with Gasteiger partial charge in [-0.25, -0.2) is 17.2 Å². The smallest absolute Gasteiger partial charge is 0.543 e. The number of carboxylic acids is 1. The van der Waals surface area contributed by atoms with Gasteiger partial charge < -0.3 is 24.3 Å². The van der Waals surface area contributed by atoms with E-state index in [9.17, 15) is 23.1 Å². The van der Waals surface area contributed by atoms with Crippen LogP contribution < -0.4 is 28.7 Å². The Hall–Kier alpha value is -2.97. The van der Waals surface area contributed by atoms with Crippen molar-refractivity contribution in [2.45, 2.75) is 37.8 Å². The van der Waals surface area contributed by atoms with Gasteiger partial charge in [-0.05, 0) is 51.1 Å². The second kappa shape index (κ2) is 11.4. The number of hydrogen-bond acceptors (Lipinski definition) is 8. The van der Waals surface area contributed by atoms with Crippen molar-refractivity contribution >= 4 is 33.0 Å². The van der Waals surface area contributed by atoms with E-state index in [0.717, 1.165) is 3.97 Å². The van der Waals surface area contributed by atoms with Gasteiger partial charge in [-0.2, -0.15) is 0 Å². The van der Waals surface area contributed by atoms with E-state index < -0.39 is 27.3 Å². The molecule has 0 radical (unpaired) electrons. The number of rotatable bonds is 6. The van der Waals surface area contributed by atoms with Gasteiger partial charge in [-0.15, -0.1) is 0 Å². The molecule has 0 atom stereocenters. The molecular weight excluding hydrogens is 505 g/mol. The van der Waals surface area contributed by atoms with Crippen LogP contribution in [0, 0.1) is 0 Å². The molecule has 38 heavy (non-hydrogen) atoms. The molecule has 4 rings (SSSR count). The molecule has 0 aliphatic carbocycles. The van der Waals surface area contributed by atoms with Crippen LogP contribution in [0.15, 0.2) is 53.4 Å². The van der Waals surface area contributed by atoms with Gasteiger partial charge in [-0.1, -0.05) is 18.2 Å². The third-order valence-electron chi connectivity index (χ3n) is 6.13. The molecule has 2 heterocycles. The fourth-order valence-corrected chi connectivity index (χ4v) is 5.90. The average Bonchev–Trinajstić information content (AvgIpc) is 3.25. The van der Waals surface area contributed by atoms with Gasteiger partial charge in [0.15, 0.2) is 0 Å². The maximum absolute atomic E-state index is 13.5. The largest absolute Gasteiger partial charge is 1.00 e. The molecule has 0 bridgehead atoms. The van der Waals surface area contributed by atoms with Crippen LogP contribution in [0.25, 0.3) is 10.9 Å². The topological polar surface area (TPSA) is 121 Å². The Labute approximate surface area is 234 Å². The molecule has 2 aromatic carbocycles. The van der Waals surface area contributed by atoms with E-state index in [4.69, 9.17) is 9.47 Å². The van der Waals surface area contributed by atoms with E-state index in [1.807, 2.05) is 20.8 Å². The molecule has 1 fully saturated rings. The van der Waals surface area contributed by atoms with Crippen molar-refractivity contribution in [3.8, 4) is 5.75 Å². The standard InChI is InChI=1S/C26H31N3O7S.Li/c1-26(2,3)36-25(32)28-14-12-27(13-15-28)17-20-19-16-22(24(30)31)29(21(19)10-11-23(20)35-4)37(33,34)18-8-6-5-7-9-18;/h5-11,16H,12-15,17H2,1-4H3,(H,30,31);/q;+1/p-1. The third kappa shape index (κ3) is 6.02. The molecule has 1 aliphatic heterocycles. The number of carbonyl (C=O) groups is 2. The molecule has 198 valence electrons. The van der Waals surface area contributed by atoms with Crippen molar-refractivity contribution in [2.75, 3.05) is 33.3 Å². The zero-order valence-electron chi connectivity index (χ0n) is 22.3. The third-order valence-corrected chi connectivity index (χ3v) is 7.87. The van der Waals surface area contributed by atoms with Crippen molar-refractivity contribution in [2.24, 2.45) is 0 Å². The van der Waals surface area contributed by atoms with Crippen LogP contribution in [0.1, 0.15) is 36.8 Å². The Kier molecular flexibility index (Phi) is 8.88. The first-order chi connectivity index (χ1) is 17.4. The van der Waals surface area contributed by atoms with Gasteiger partial charge in [0, 0.05) is 43.7 Å². The first-order valence-corrected chi connectivity index (χ1v) is 13.3. The van der Waals surface area contributed by atoms with Crippen LogP contribution in [-0.2, 0) is 21.3 Å². The average molecular weight is 536 g/mol. The summed E-state index contributed by atoms with van der Waals surface area (Å²) in [6.45, 7) is 7.84. The van der Waals surface area contributed by atoms with E-state index in [0.29, 0.717) is 49.4 Å². The number of piperazine rings is 1. The number of ether oxygens (including phenoxy) is 2. The van der Waals surface area contributed by atoms with Crippen LogP contribution in [0.2, 0.25) is 0 Å². The summed E-state index contributed by atoms with van der Waals surface area (Å²) in [6.07, 6.45) is -0.367. The van der Waals surface area contributed by atoms with E-state index in [2.05, 4.69) is 4.90 Å². The number of methoxy groups -OCH3 is 1. The quantitative estimate of drug-likeness (QED) is 0.381. The molecule has 1 aromatic heterocycles. The van der Waals surface area contributed by atoms with Crippen molar-refractivity contribution < 1.29 is 51.4 Å². The van der Waals surface area contributed by atoms with Gasteiger partial charge in [0.2, 0.25) is 0 Å². The molecule has 0 N–H and O–H groups in total. The molecule has 1 aliphatic rings. The molecule has 1 saturated heterocycles. The molecule has 0 unspecified atom stereocenters. The fraction of sp³-hybridized carbons (Fsp3) is 0.385. The Morgan fingerprint density at radius 3 is 2.18 bits per heavy atom. The Balaban J connectivity index is 0.00000400. The van der Waals surface area contributed by atoms with Crippen LogP contribution in [0.5, 0.6) is 5.75 Å². The second-order valence-corrected chi connectivity index (χ2v) is 11.6. The zero-order valence-corrected chi connectivity index (χ0v) is 23.1. The Morgan fingerprint density at radius 1 is 1.00 bits per heavy atom. The molecule has 0 saturated carbocycles. The van der Waals surface area contributed by atoms with Crippen LogP contribution >= 0.6 is 0 Å². The minimum absolute atomic E-state index is 0. The van der Waals surface area contributed by atoms with E-state index >= 15 is 0 Å². The van der Waals surface area contributed by atoms with Crippen molar-refractivity contribution in [1.29, 1.82) is 0 Å². The van der Waals surface area contributed by atoms with Gasteiger partial charge in [0.25, 0.3) is 10.0 Å². The summed E-state index contributed by atoms with van der Waals surface area (Å²) >= 11 is 0. The zero-order chi connectivity index (χ0) is 27.0. The summed E-state index contributed by atoms with van der Waals surface area (Å²) in [5, 5.41) is 12.5. The first-order valence-electron chi connectivity index (χ1n) is 11.9. The number of aromatic nitrogens is 1. The number of amides is 1. The van der Waals surface area contributed by atoms with Gasteiger partial charge in [0.1, 0.15) is 11.4 Å². The van der Waals surface area contributed by atoms with E-state index in [1.54, 1.807) is 29.2 Å².